The topological polar surface area (TPSA) is 66.8 Å². The lowest BCUT2D eigenvalue weighted by Gasteiger charge is -2.37. The molecule has 2 aromatic rings. The first kappa shape index (κ1) is 17.5. The highest BCUT2D eigenvalue weighted by Crippen LogP contribution is 2.38. The van der Waals surface area contributed by atoms with E-state index in [1.807, 2.05) is 36.4 Å². The number of hydrogen-bond acceptors (Lipinski definition) is 4. The Balaban J connectivity index is 1.89. The number of nitrogens with zero attached hydrogens (tertiary/aromatic N) is 1. The number of piperidine rings is 1. The molecule has 0 aliphatic carbocycles. The fraction of sp³-hybridized carbons (Fsp3) is 0.368. The molecule has 25 heavy (non-hydrogen) atoms. The van der Waals surface area contributed by atoms with Crippen molar-refractivity contribution >= 4 is 23.2 Å². The molecule has 1 aromatic heterocycles. The predicted molar refractivity (Wildman–Crippen MR) is 97.2 cm³/mol. The number of rotatable bonds is 4. The molecule has 1 aliphatic heterocycles. The van der Waals surface area contributed by atoms with Crippen LogP contribution >= 0.6 is 11.3 Å². The van der Waals surface area contributed by atoms with Crippen molar-refractivity contribution in [3.63, 3.8) is 0 Å². The van der Waals surface area contributed by atoms with Crippen LogP contribution in [0.15, 0.2) is 36.4 Å². The van der Waals surface area contributed by atoms with Crippen molar-refractivity contribution in [1.29, 1.82) is 0 Å². The summed E-state index contributed by atoms with van der Waals surface area (Å²) < 4.78 is 5.41. The van der Waals surface area contributed by atoms with Crippen LogP contribution in [-0.4, -0.2) is 42.1 Å². The van der Waals surface area contributed by atoms with Crippen LogP contribution in [0.5, 0.6) is 5.75 Å². The lowest BCUT2D eigenvalue weighted by atomic mass is 9.82. The van der Waals surface area contributed by atoms with Crippen molar-refractivity contribution in [1.82, 2.24) is 4.90 Å². The number of benzene rings is 1. The van der Waals surface area contributed by atoms with E-state index in [-0.39, 0.29) is 12.5 Å². The molecule has 1 saturated heterocycles. The lowest BCUT2D eigenvalue weighted by Crippen LogP contribution is -2.48. The normalized spacial score (nSPS) is 20.3. The average molecular weight is 359 g/mol. The zero-order valence-corrected chi connectivity index (χ0v) is 15.1. The lowest BCUT2D eigenvalue weighted by molar-refractivity contribution is -0.150. The van der Waals surface area contributed by atoms with Crippen molar-refractivity contribution in [2.24, 2.45) is 5.41 Å². The molecule has 5 nitrogen and oxygen atoms in total. The molecule has 0 radical (unpaired) electrons. The van der Waals surface area contributed by atoms with E-state index in [4.69, 9.17) is 4.74 Å². The molecular weight excluding hydrogens is 338 g/mol. The summed E-state index contributed by atoms with van der Waals surface area (Å²) in [6.07, 6.45) is 1.27. The smallest absolute Gasteiger partial charge is 0.311 e. The van der Waals surface area contributed by atoms with Crippen molar-refractivity contribution in [2.75, 3.05) is 20.2 Å². The number of aliphatic carboxylic acids is 1. The van der Waals surface area contributed by atoms with Gasteiger partial charge in [0, 0.05) is 18.0 Å². The third-order valence-corrected chi connectivity index (χ3v) is 5.82. The molecule has 6 heteroatoms. The Hall–Kier alpha value is -2.34. The molecular formula is C19H21NO4S. The number of likely N-dealkylation sites (tertiary alicyclic amines) is 1. The van der Waals surface area contributed by atoms with Gasteiger partial charge in [0.05, 0.1) is 12.5 Å². The highest BCUT2D eigenvalue weighted by atomic mass is 32.1. The standard InChI is InChI=1S/C19H21NO4S/c1-19(18(22)23)9-6-10-20(12-19)17(21)16-14(24-2)11-15(25-16)13-7-4-3-5-8-13/h3-5,7-8,11H,6,9-10,12H2,1-2H3,(H,22,23). The van der Waals surface area contributed by atoms with E-state index >= 15 is 0 Å². The first-order chi connectivity index (χ1) is 11.9. The van der Waals surface area contributed by atoms with Crippen LogP contribution in [0.1, 0.15) is 29.4 Å². The molecule has 2 heterocycles. The van der Waals surface area contributed by atoms with E-state index in [1.54, 1.807) is 18.9 Å². The summed E-state index contributed by atoms with van der Waals surface area (Å²) >= 11 is 1.38. The van der Waals surface area contributed by atoms with Gasteiger partial charge in [0.15, 0.2) is 0 Å². The minimum atomic E-state index is -0.888. The number of hydrogen-bond donors (Lipinski definition) is 1. The first-order valence-electron chi connectivity index (χ1n) is 8.20. The fourth-order valence-corrected chi connectivity index (χ4v) is 4.25. The molecule has 1 amide bonds. The molecule has 1 fully saturated rings. The van der Waals surface area contributed by atoms with Gasteiger partial charge in [-0.2, -0.15) is 0 Å². The van der Waals surface area contributed by atoms with Crippen LogP contribution in [0.2, 0.25) is 0 Å². The SMILES string of the molecule is COc1cc(-c2ccccc2)sc1C(=O)N1CCCC(C)(C(=O)O)C1. The first-order valence-corrected chi connectivity index (χ1v) is 9.02. The molecule has 3 rings (SSSR count). The molecule has 1 atom stereocenters. The Labute approximate surface area is 150 Å². The number of thiophene rings is 1. The monoisotopic (exact) mass is 359 g/mol. The van der Waals surface area contributed by atoms with Gasteiger partial charge in [0.1, 0.15) is 10.6 Å². The molecule has 1 unspecified atom stereocenters. The number of ether oxygens (including phenoxy) is 1. The summed E-state index contributed by atoms with van der Waals surface area (Å²) in [5, 5.41) is 9.46. The van der Waals surface area contributed by atoms with E-state index in [1.165, 1.54) is 11.3 Å². The van der Waals surface area contributed by atoms with Crippen molar-refractivity contribution < 1.29 is 19.4 Å². The molecule has 1 aliphatic rings. The van der Waals surface area contributed by atoms with Gasteiger partial charge in [0.2, 0.25) is 0 Å². The maximum atomic E-state index is 13.0. The van der Waals surface area contributed by atoms with Crippen molar-refractivity contribution in [2.45, 2.75) is 19.8 Å². The zero-order valence-electron chi connectivity index (χ0n) is 14.3. The van der Waals surface area contributed by atoms with E-state index < -0.39 is 11.4 Å². The summed E-state index contributed by atoms with van der Waals surface area (Å²) in [7, 11) is 1.55. The third kappa shape index (κ3) is 3.39. The van der Waals surface area contributed by atoms with Crippen LogP contribution in [0.3, 0.4) is 0 Å². The second kappa shape index (κ2) is 6.88. The van der Waals surface area contributed by atoms with Gasteiger partial charge in [-0.05, 0) is 31.4 Å². The summed E-state index contributed by atoms with van der Waals surface area (Å²) in [5.74, 6) is -0.472. The van der Waals surface area contributed by atoms with Gasteiger partial charge in [-0.1, -0.05) is 30.3 Å². The number of methoxy groups -OCH3 is 1. The van der Waals surface area contributed by atoms with E-state index in [0.717, 1.165) is 10.4 Å². The largest absolute Gasteiger partial charge is 0.495 e. The fourth-order valence-electron chi connectivity index (χ4n) is 3.15. The minimum absolute atomic E-state index is 0.156. The van der Waals surface area contributed by atoms with E-state index in [0.29, 0.717) is 30.0 Å². The summed E-state index contributed by atoms with van der Waals surface area (Å²) in [6, 6.07) is 11.7. The summed E-state index contributed by atoms with van der Waals surface area (Å²) in [5.41, 5.74) is 0.139. The molecule has 0 bridgehead atoms. The van der Waals surface area contributed by atoms with E-state index in [2.05, 4.69) is 0 Å². The Bertz CT molecular complexity index is 786. The van der Waals surface area contributed by atoms with Gasteiger partial charge in [-0.3, -0.25) is 9.59 Å². The van der Waals surface area contributed by atoms with E-state index in [9.17, 15) is 14.7 Å². The quantitative estimate of drug-likeness (QED) is 0.903. The second-order valence-electron chi connectivity index (χ2n) is 6.57. The predicted octanol–water partition coefficient (Wildman–Crippen LogP) is 3.75. The number of carboxylic acids is 1. The number of carbonyl (C=O) groups excluding carboxylic acids is 1. The number of carbonyl (C=O) groups is 2. The molecule has 1 aromatic carbocycles. The Morgan fingerprint density at radius 3 is 2.64 bits per heavy atom. The van der Waals surface area contributed by atoms with Gasteiger partial charge < -0.3 is 14.7 Å². The van der Waals surface area contributed by atoms with Crippen molar-refractivity contribution in [3.8, 4) is 16.2 Å². The van der Waals surface area contributed by atoms with Crippen molar-refractivity contribution in [3.05, 3.63) is 41.3 Å². The Morgan fingerprint density at radius 2 is 2.00 bits per heavy atom. The minimum Gasteiger partial charge on any atom is -0.495 e. The zero-order chi connectivity index (χ0) is 18.0. The van der Waals surface area contributed by atoms with Gasteiger partial charge in [0.25, 0.3) is 5.91 Å². The van der Waals surface area contributed by atoms with Crippen LogP contribution in [0.4, 0.5) is 0 Å². The average Bonchev–Trinajstić information content (AvgIpc) is 3.06. The van der Waals surface area contributed by atoms with Gasteiger partial charge in [-0.25, -0.2) is 0 Å². The van der Waals surface area contributed by atoms with Crippen LogP contribution in [0, 0.1) is 5.41 Å². The Morgan fingerprint density at radius 1 is 1.28 bits per heavy atom. The number of amides is 1. The maximum Gasteiger partial charge on any atom is 0.311 e. The Kier molecular flexibility index (Phi) is 4.81. The number of carboxylic acid groups (broad SMARTS) is 1. The van der Waals surface area contributed by atoms with Crippen LogP contribution < -0.4 is 4.74 Å². The summed E-state index contributed by atoms with van der Waals surface area (Å²) in [6.45, 7) is 2.50. The molecule has 1 N–H and O–H groups in total. The second-order valence-corrected chi connectivity index (χ2v) is 7.62. The van der Waals surface area contributed by atoms with Crippen LogP contribution in [0.25, 0.3) is 10.4 Å². The molecule has 132 valence electrons. The highest BCUT2D eigenvalue weighted by molar-refractivity contribution is 7.17. The van der Waals surface area contributed by atoms with Gasteiger partial charge >= 0.3 is 5.97 Å². The third-order valence-electron chi connectivity index (χ3n) is 4.67. The molecule has 0 saturated carbocycles. The van der Waals surface area contributed by atoms with Gasteiger partial charge in [-0.15, -0.1) is 11.3 Å². The highest BCUT2D eigenvalue weighted by Gasteiger charge is 2.40. The molecule has 0 spiro atoms. The maximum absolute atomic E-state index is 13.0. The van der Waals surface area contributed by atoms with Crippen LogP contribution in [-0.2, 0) is 4.79 Å². The summed E-state index contributed by atoms with van der Waals surface area (Å²) in [4.78, 5) is 27.7.